The number of hydrogen-bond donors (Lipinski definition) is 1. The second kappa shape index (κ2) is 5.78. The lowest BCUT2D eigenvalue weighted by Crippen LogP contribution is -1.82. The second-order valence-corrected chi connectivity index (χ2v) is 2.49. The summed E-state index contributed by atoms with van der Waals surface area (Å²) in [5.74, 6) is 0. The molecule has 1 aromatic carbocycles. The lowest BCUT2D eigenvalue weighted by atomic mass is 10.3. The number of hydrogen-bond acceptors (Lipinski definition) is 1. The summed E-state index contributed by atoms with van der Waals surface area (Å²) in [5.41, 5.74) is 6.01. The standard InChI is InChI=1S/C6H5Cl2N.2ClH/c7-5-2-1-4(9)3-6(5)8;;/h1-3H,9H2;2*1H. The van der Waals surface area contributed by atoms with E-state index in [1.807, 2.05) is 0 Å². The molecule has 0 aliphatic heterocycles. The van der Waals surface area contributed by atoms with Crippen LogP contribution in [0.25, 0.3) is 0 Å². The first-order chi connectivity index (χ1) is 4.20. The SMILES string of the molecule is Cl.Cl.Nc1ccc(Cl)c(Cl)c1. The first-order valence-electron chi connectivity index (χ1n) is 2.40. The maximum atomic E-state index is 5.60. The Bertz CT molecular complexity index is 226. The Balaban J connectivity index is 0. The predicted octanol–water partition coefficient (Wildman–Crippen LogP) is 3.42. The molecular formula is C6H7Cl4N. The van der Waals surface area contributed by atoms with E-state index in [0.29, 0.717) is 15.7 Å². The Morgan fingerprint density at radius 1 is 1.00 bits per heavy atom. The number of benzene rings is 1. The van der Waals surface area contributed by atoms with E-state index in [4.69, 9.17) is 28.9 Å². The third-order valence-corrected chi connectivity index (χ3v) is 1.68. The molecule has 0 heterocycles. The average Bonchev–Trinajstić information content (AvgIpc) is 1.80. The largest absolute Gasteiger partial charge is 0.399 e. The van der Waals surface area contributed by atoms with Gasteiger partial charge in [0, 0.05) is 5.69 Å². The Morgan fingerprint density at radius 3 is 1.91 bits per heavy atom. The number of halogens is 4. The van der Waals surface area contributed by atoms with Crippen molar-refractivity contribution >= 4 is 53.7 Å². The Labute approximate surface area is 87.7 Å². The van der Waals surface area contributed by atoms with E-state index in [1.165, 1.54) is 0 Å². The Hall–Kier alpha value is 0.180. The highest BCUT2D eigenvalue weighted by atomic mass is 35.5. The Kier molecular flexibility index (Phi) is 7.23. The summed E-state index contributed by atoms with van der Waals surface area (Å²) in [6.45, 7) is 0. The zero-order valence-corrected chi connectivity index (χ0v) is 8.53. The minimum atomic E-state index is 0. The van der Waals surface area contributed by atoms with Crippen molar-refractivity contribution in [1.29, 1.82) is 0 Å². The van der Waals surface area contributed by atoms with Gasteiger partial charge in [-0.1, -0.05) is 23.2 Å². The van der Waals surface area contributed by atoms with Crippen molar-refractivity contribution in [3.8, 4) is 0 Å². The minimum Gasteiger partial charge on any atom is -0.399 e. The first kappa shape index (κ1) is 13.7. The predicted molar refractivity (Wildman–Crippen MR) is 55.4 cm³/mol. The summed E-state index contributed by atoms with van der Waals surface area (Å²) in [7, 11) is 0. The molecule has 2 N–H and O–H groups in total. The van der Waals surface area contributed by atoms with E-state index in [-0.39, 0.29) is 24.8 Å². The molecule has 0 aliphatic carbocycles. The highest BCUT2D eigenvalue weighted by Crippen LogP contribution is 2.23. The van der Waals surface area contributed by atoms with Crippen molar-refractivity contribution in [2.24, 2.45) is 0 Å². The molecule has 11 heavy (non-hydrogen) atoms. The quantitative estimate of drug-likeness (QED) is 0.685. The van der Waals surface area contributed by atoms with Crippen LogP contribution in [0.15, 0.2) is 18.2 Å². The van der Waals surface area contributed by atoms with Gasteiger partial charge in [0.15, 0.2) is 0 Å². The summed E-state index contributed by atoms with van der Waals surface area (Å²) in [6.07, 6.45) is 0. The summed E-state index contributed by atoms with van der Waals surface area (Å²) < 4.78 is 0. The highest BCUT2D eigenvalue weighted by molar-refractivity contribution is 6.42. The molecule has 0 spiro atoms. The number of nitrogens with two attached hydrogens (primary N) is 1. The second-order valence-electron chi connectivity index (χ2n) is 1.67. The number of nitrogen functional groups attached to an aromatic ring is 1. The van der Waals surface area contributed by atoms with Crippen molar-refractivity contribution in [2.45, 2.75) is 0 Å². The fraction of sp³-hybridized carbons (Fsp3) is 0. The van der Waals surface area contributed by atoms with Crippen LogP contribution in [0.4, 0.5) is 5.69 Å². The molecule has 0 bridgehead atoms. The van der Waals surface area contributed by atoms with Crippen LogP contribution in [0.3, 0.4) is 0 Å². The molecule has 0 saturated carbocycles. The molecule has 0 unspecified atom stereocenters. The molecule has 0 saturated heterocycles. The van der Waals surface area contributed by atoms with Gasteiger partial charge in [-0.2, -0.15) is 0 Å². The van der Waals surface area contributed by atoms with Crippen LogP contribution >= 0.6 is 48.0 Å². The first-order valence-corrected chi connectivity index (χ1v) is 3.16. The van der Waals surface area contributed by atoms with Gasteiger partial charge >= 0.3 is 0 Å². The van der Waals surface area contributed by atoms with Crippen molar-refractivity contribution in [3.63, 3.8) is 0 Å². The summed E-state index contributed by atoms with van der Waals surface area (Å²) >= 11 is 11.2. The van der Waals surface area contributed by atoms with E-state index in [2.05, 4.69) is 0 Å². The van der Waals surface area contributed by atoms with Gasteiger partial charge in [-0.05, 0) is 18.2 Å². The zero-order valence-electron chi connectivity index (χ0n) is 5.38. The van der Waals surface area contributed by atoms with Crippen LogP contribution in [0.1, 0.15) is 0 Å². The molecular weight excluding hydrogens is 228 g/mol. The van der Waals surface area contributed by atoms with Gasteiger partial charge in [-0.3, -0.25) is 0 Å². The van der Waals surface area contributed by atoms with Gasteiger partial charge in [-0.25, -0.2) is 0 Å². The zero-order chi connectivity index (χ0) is 6.85. The summed E-state index contributed by atoms with van der Waals surface area (Å²) in [4.78, 5) is 0. The normalized spacial score (nSPS) is 7.82. The molecule has 0 aromatic heterocycles. The molecule has 1 rings (SSSR count). The van der Waals surface area contributed by atoms with Gasteiger partial charge in [0.2, 0.25) is 0 Å². The van der Waals surface area contributed by atoms with Crippen LogP contribution in [0.5, 0.6) is 0 Å². The maximum absolute atomic E-state index is 5.60. The van der Waals surface area contributed by atoms with Crippen LogP contribution in [0.2, 0.25) is 10.0 Å². The molecule has 0 aliphatic rings. The smallest absolute Gasteiger partial charge is 0.0612 e. The Morgan fingerprint density at radius 2 is 1.55 bits per heavy atom. The average molecular weight is 235 g/mol. The van der Waals surface area contributed by atoms with Gasteiger partial charge < -0.3 is 5.73 Å². The number of anilines is 1. The van der Waals surface area contributed by atoms with Crippen molar-refractivity contribution in [1.82, 2.24) is 0 Å². The van der Waals surface area contributed by atoms with Gasteiger partial charge in [0.05, 0.1) is 10.0 Å². The fourth-order valence-electron chi connectivity index (χ4n) is 0.512. The topological polar surface area (TPSA) is 26.0 Å². The highest BCUT2D eigenvalue weighted by Gasteiger charge is 1.94. The fourth-order valence-corrected chi connectivity index (χ4v) is 0.819. The molecule has 0 radical (unpaired) electrons. The van der Waals surface area contributed by atoms with E-state index >= 15 is 0 Å². The molecule has 0 atom stereocenters. The molecule has 5 heteroatoms. The van der Waals surface area contributed by atoms with Crippen molar-refractivity contribution in [3.05, 3.63) is 28.2 Å². The minimum absolute atomic E-state index is 0. The lowest BCUT2D eigenvalue weighted by Gasteiger charge is -1.94. The number of rotatable bonds is 0. The third kappa shape index (κ3) is 3.92. The van der Waals surface area contributed by atoms with Crippen LogP contribution < -0.4 is 5.73 Å². The monoisotopic (exact) mass is 233 g/mol. The molecule has 1 nitrogen and oxygen atoms in total. The summed E-state index contributed by atoms with van der Waals surface area (Å²) in [5, 5.41) is 1.03. The maximum Gasteiger partial charge on any atom is 0.0612 e. The molecule has 64 valence electrons. The van der Waals surface area contributed by atoms with Crippen molar-refractivity contribution in [2.75, 3.05) is 5.73 Å². The van der Waals surface area contributed by atoms with Gasteiger partial charge in [0.25, 0.3) is 0 Å². The van der Waals surface area contributed by atoms with E-state index in [9.17, 15) is 0 Å². The van der Waals surface area contributed by atoms with E-state index < -0.39 is 0 Å². The summed E-state index contributed by atoms with van der Waals surface area (Å²) in [6, 6.07) is 4.98. The van der Waals surface area contributed by atoms with Gasteiger partial charge in [-0.15, -0.1) is 24.8 Å². The van der Waals surface area contributed by atoms with E-state index in [0.717, 1.165) is 0 Å². The van der Waals surface area contributed by atoms with E-state index in [1.54, 1.807) is 18.2 Å². The molecule has 1 aromatic rings. The van der Waals surface area contributed by atoms with Gasteiger partial charge in [0.1, 0.15) is 0 Å². The lowest BCUT2D eigenvalue weighted by molar-refractivity contribution is 1.68. The molecule has 0 fully saturated rings. The molecule has 0 amide bonds. The third-order valence-electron chi connectivity index (χ3n) is 0.944. The van der Waals surface area contributed by atoms with Crippen LogP contribution in [0, 0.1) is 0 Å². The van der Waals surface area contributed by atoms with Crippen LogP contribution in [-0.4, -0.2) is 0 Å². The van der Waals surface area contributed by atoms with Crippen molar-refractivity contribution < 1.29 is 0 Å². The van der Waals surface area contributed by atoms with Crippen LogP contribution in [-0.2, 0) is 0 Å².